The van der Waals surface area contributed by atoms with E-state index in [0.29, 0.717) is 11.7 Å². The van der Waals surface area contributed by atoms with E-state index in [1.807, 2.05) is 12.1 Å². The summed E-state index contributed by atoms with van der Waals surface area (Å²) >= 11 is 0. The zero-order valence-corrected chi connectivity index (χ0v) is 16.3. The molecule has 0 bridgehead atoms. The van der Waals surface area contributed by atoms with Gasteiger partial charge in [0.25, 0.3) is 0 Å². The van der Waals surface area contributed by atoms with Crippen molar-refractivity contribution in [3.05, 3.63) is 59.2 Å². The predicted molar refractivity (Wildman–Crippen MR) is 112 cm³/mol. The first-order valence-corrected chi connectivity index (χ1v) is 9.25. The van der Waals surface area contributed by atoms with Crippen LogP contribution >= 0.6 is 0 Å². The molecule has 144 valence electrons. The number of phenolic OH excluding ortho intramolecular Hbond substituents is 1. The third-order valence-electron chi connectivity index (χ3n) is 4.92. The standard InChI is InChI=1S/C23H32O2.CH4/c1-17(7-9-19-12-15-21(24)22(16-19)25-5)6-8-18-10-13-20(14-11-18)23(2,3)4;/h10-17,24H,6-9H2,1-5H3;1H4. The van der Waals surface area contributed by atoms with Gasteiger partial charge in [-0.3, -0.25) is 0 Å². The molecule has 0 amide bonds. The highest BCUT2D eigenvalue weighted by molar-refractivity contribution is 5.41. The van der Waals surface area contributed by atoms with Gasteiger partial charge in [0.05, 0.1) is 7.11 Å². The van der Waals surface area contributed by atoms with Crippen LogP contribution in [0.4, 0.5) is 0 Å². The SMILES string of the molecule is C.COc1cc(CCC(C)CCc2ccc(C(C)(C)C)cc2)ccc1O. The lowest BCUT2D eigenvalue weighted by Gasteiger charge is -2.19. The van der Waals surface area contributed by atoms with Crippen LogP contribution in [0.3, 0.4) is 0 Å². The molecular formula is C24H36O2. The van der Waals surface area contributed by atoms with Crippen molar-refractivity contribution in [2.75, 3.05) is 7.11 Å². The Balaban J connectivity index is 0.00000338. The summed E-state index contributed by atoms with van der Waals surface area (Å²) < 4.78 is 5.18. The molecule has 0 aliphatic rings. The minimum Gasteiger partial charge on any atom is -0.504 e. The second-order valence-electron chi connectivity index (χ2n) is 8.14. The van der Waals surface area contributed by atoms with Crippen LogP contribution in [0.25, 0.3) is 0 Å². The number of hydrogen-bond acceptors (Lipinski definition) is 2. The Labute approximate surface area is 160 Å². The van der Waals surface area contributed by atoms with Gasteiger partial charge in [0.1, 0.15) is 0 Å². The fraction of sp³-hybridized carbons (Fsp3) is 0.500. The topological polar surface area (TPSA) is 29.5 Å². The largest absolute Gasteiger partial charge is 0.504 e. The van der Waals surface area contributed by atoms with Crippen molar-refractivity contribution < 1.29 is 9.84 Å². The van der Waals surface area contributed by atoms with Gasteiger partial charge in [-0.1, -0.05) is 65.5 Å². The molecule has 0 heterocycles. The Morgan fingerprint density at radius 1 is 0.923 bits per heavy atom. The molecule has 0 aromatic heterocycles. The quantitative estimate of drug-likeness (QED) is 0.610. The fourth-order valence-corrected chi connectivity index (χ4v) is 3.02. The molecule has 26 heavy (non-hydrogen) atoms. The molecule has 0 fully saturated rings. The first kappa shape index (κ1) is 22.1. The fourth-order valence-electron chi connectivity index (χ4n) is 3.02. The summed E-state index contributed by atoms with van der Waals surface area (Å²) in [4.78, 5) is 0. The number of benzene rings is 2. The summed E-state index contributed by atoms with van der Waals surface area (Å²) in [5.74, 6) is 1.43. The van der Waals surface area contributed by atoms with Crippen LogP contribution in [0.1, 0.15) is 64.7 Å². The van der Waals surface area contributed by atoms with Gasteiger partial charge in [0, 0.05) is 0 Å². The summed E-state index contributed by atoms with van der Waals surface area (Å²) in [5, 5.41) is 9.67. The molecule has 0 saturated heterocycles. The lowest BCUT2D eigenvalue weighted by Crippen LogP contribution is -2.10. The Morgan fingerprint density at radius 2 is 1.46 bits per heavy atom. The number of methoxy groups -OCH3 is 1. The van der Waals surface area contributed by atoms with Crippen LogP contribution in [0.5, 0.6) is 11.5 Å². The lowest BCUT2D eigenvalue weighted by molar-refractivity contribution is 0.372. The van der Waals surface area contributed by atoms with Gasteiger partial charge < -0.3 is 9.84 Å². The molecular weight excluding hydrogens is 320 g/mol. The first-order chi connectivity index (χ1) is 11.8. The van der Waals surface area contributed by atoms with Crippen LogP contribution in [0, 0.1) is 5.92 Å². The predicted octanol–water partition coefficient (Wildman–Crippen LogP) is 6.54. The molecule has 2 aromatic rings. The van der Waals surface area contributed by atoms with Crippen LogP contribution in [-0.2, 0) is 18.3 Å². The molecule has 2 nitrogen and oxygen atoms in total. The normalized spacial score (nSPS) is 12.3. The maximum absolute atomic E-state index is 9.67. The molecule has 0 radical (unpaired) electrons. The second-order valence-corrected chi connectivity index (χ2v) is 8.14. The van der Waals surface area contributed by atoms with E-state index in [1.54, 1.807) is 13.2 Å². The first-order valence-electron chi connectivity index (χ1n) is 9.25. The van der Waals surface area contributed by atoms with Crippen molar-refractivity contribution in [3.8, 4) is 11.5 Å². The summed E-state index contributed by atoms with van der Waals surface area (Å²) in [6.07, 6.45) is 4.49. The van der Waals surface area contributed by atoms with Gasteiger partial charge >= 0.3 is 0 Å². The maximum Gasteiger partial charge on any atom is 0.160 e. The Kier molecular flexibility index (Phi) is 8.20. The molecule has 1 atom stereocenters. The molecule has 0 aliphatic carbocycles. The minimum absolute atomic E-state index is 0. The number of rotatable bonds is 7. The van der Waals surface area contributed by atoms with Crippen LogP contribution in [0.15, 0.2) is 42.5 Å². The molecule has 1 N–H and O–H groups in total. The highest BCUT2D eigenvalue weighted by atomic mass is 16.5. The number of aromatic hydroxyl groups is 1. The van der Waals surface area contributed by atoms with Crippen molar-refractivity contribution in [1.82, 2.24) is 0 Å². The smallest absolute Gasteiger partial charge is 0.160 e. The number of aryl methyl sites for hydroxylation is 2. The monoisotopic (exact) mass is 356 g/mol. The van der Waals surface area contributed by atoms with Crippen molar-refractivity contribution in [3.63, 3.8) is 0 Å². The maximum atomic E-state index is 9.67. The molecule has 2 heteroatoms. The highest BCUT2D eigenvalue weighted by Crippen LogP contribution is 2.28. The van der Waals surface area contributed by atoms with Crippen molar-refractivity contribution in [1.29, 1.82) is 0 Å². The van der Waals surface area contributed by atoms with Crippen molar-refractivity contribution in [2.45, 2.75) is 66.2 Å². The molecule has 1 unspecified atom stereocenters. The van der Waals surface area contributed by atoms with Crippen LogP contribution in [-0.4, -0.2) is 12.2 Å². The van der Waals surface area contributed by atoms with E-state index in [1.165, 1.54) is 23.1 Å². The van der Waals surface area contributed by atoms with Crippen molar-refractivity contribution >= 4 is 0 Å². The van der Waals surface area contributed by atoms with E-state index >= 15 is 0 Å². The Bertz CT molecular complexity index is 666. The Morgan fingerprint density at radius 3 is 2.00 bits per heavy atom. The van der Waals surface area contributed by atoms with Gasteiger partial charge in [-0.2, -0.15) is 0 Å². The van der Waals surface area contributed by atoms with Gasteiger partial charge in [-0.05, 0) is 65.8 Å². The highest BCUT2D eigenvalue weighted by Gasteiger charge is 2.13. The van der Waals surface area contributed by atoms with Gasteiger partial charge in [0.15, 0.2) is 11.5 Å². The van der Waals surface area contributed by atoms with Crippen LogP contribution < -0.4 is 4.74 Å². The number of phenols is 1. The van der Waals surface area contributed by atoms with Crippen LogP contribution in [0.2, 0.25) is 0 Å². The summed E-state index contributed by atoms with van der Waals surface area (Å²) in [5.41, 5.74) is 4.25. The summed E-state index contributed by atoms with van der Waals surface area (Å²) in [7, 11) is 1.59. The van der Waals surface area contributed by atoms with Gasteiger partial charge in [-0.15, -0.1) is 0 Å². The molecule has 2 rings (SSSR count). The second kappa shape index (κ2) is 9.66. The number of ether oxygens (including phenoxy) is 1. The number of hydrogen-bond donors (Lipinski definition) is 1. The summed E-state index contributed by atoms with van der Waals surface area (Å²) in [6, 6.07) is 14.7. The van der Waals surface area contributed by atoms with E-state index in [9.17, 15) is 5.11 Å². The molecule has 2 aromatic carbocycles. The molecule has 0 spiro atoms. The van der Waals surface area contributed by atoms with E-state index in [-0.39, 0.29) is 18.6 Å². The van der Waals surface area contributed by atoms with E-state index in [2.05, 4.69) is 52.0 Å². The van der Waals surface area contributed by atoms with E-state index in [4.69, 9.17) is 4.74 Å². The lowest BCUT2D eigenvalue weighted by atomic mass is 9.86. The third-order valence-corrected chi connectivity index (χ3v) is 4.92. The third kappa shape index (κ3) is 6.40. The minimum atomic E-state index is 0. The molecule has 0 saturated carbocycles. The van der Waals surface area contributed by atoms with Gasteiger partial charge in [-0.25, -0.2) is 0 Å². The summed E-state index contributed by atoms with van der Waals surface area (Å²) in [6.45, 7) is 9.08. The average Bonchev–Trinajstić information content (AvgIpc) is 2.58. The average molecular weight is 357 g/mol. The molecule has 0 aliphatic heterocycles. The zero-order valence-electron chi connectivity index (χ0n) is 16.3. The van der Waals surface area contributed by atoms with E-state index < -0.39 is 0 Å². The van der Waals surface area contributed by atoms with Gasteiger partial charge in [0.2, 0.25) is 0 Å². The van der Waals surface area contributed by atoms with Crippen molar-refractivity contribution in [2.24, 2.45) is 5.92 Å². The van der Waals surface area contributed by atoms with E-state index in [0.717, 1.165) is 19.3 Å². The zero-order chi connectivity index (χ0) is 18.4. The Hall–Kier alpha value is -1.96.